The fourth-order valence-electron chi connectivity index (χ4n) is 2.36. The van der Waals surface area contributed by atoms with Gasteiger partial charge >= 0.3 is 0 Å². The van der Waals surface area contributed by atoms with Gasteiger partial charge in [-0.3, -0.25) is 4.79 Å². The maximum absolute atomic E-state index is 12.0. The zero-order chi connectivity index (χ0) is 14.5. The molecule has 1 saturated heterocycles. The standard InChI is InChI=1S/C12H25N3O3S/c1-3-4-10(9-13)12(16)14-11-5-7-15(8-6-11)19(2,17)18/h10-11H,3-9,13H2,1-2H3,(H,14,16). The number of carbonyl (C=O) groups is 1. The van der Waals surface area contributed by atoms with E-state index in [0.29, 0.717) is 32.5 Å². The van der Waals surface area contributed by atoms with Gasteiger partial charge in [-0.25, -0.2) is 12.7 Å². The van der Waals surface area contributed by atoms with Crippen molar-refractivity contribution >= 4 is 15.9 Å². The van der Waals surface area contributed by atoms with Crippen molar-refractivity contribution < 1.29 is 13.2 Å². The molecule has 0 aromatic carbocycles. The Balaban J connectivity index is 2.42. The van der Waals surface area contributed by atoms with Crippen molar-refractivity contribution in [2.24, 2.45) is 11.7 Å². The summed E-state index contributed by atoms with van der Waals surface area (Å²) in [6, 6.07) is 0.0661. The first kappa shape index (κ1) is 16.4. The molecule has 1 aliphatic heterocycles. The normalized spacial score (nSPS) is 20.2. The van der Waals surface area contributed by atoms with Crippen molar-refractivity contribution in [3.05, 3.63) is 0 Å². The molecular weight excluding hydrogens is 266 g/mol. The predicted molar refractivity (Wildman–Crippen MR) is 75.0 cm³/mol. The minimum Gasteiger partial charge on any atom is -0.353 e. The van der Waals surface area contributed by atoms with Crippen LogP contribution < -0.4 is 11.1 Å². The van der Waals surface area contributed by atoms with Gasteiger partial charge in [0.15, 0.2) is 0 Å². The summed E-state index contributed by atoms with van der Waals surface area (Å²) in [6.45, 7) is 3.35. The number of hydrogen-bond donors (Lipinski definition) is 2. The number of nitrogens with zero attached hydrogens (tertiary/aromatic N) is 1. The van der Waals surface area contributed by atoms with E-state index in [9.17, 15) is 13.2 Å². The maximum atomic E-state index is 12.0. The fraction of sp³-hybridized carbons (Fsp3) is 0.917. The Morgan fingerprint density at radius 2 is 2.00 bits per heavy atom. The van der Waals surface area contributed by atoms with E-state index in [4.69, 9.17) is 5.73 Å². The van der Waals surface area contributed by atoms with E-state index in [-0.39, 0.29) is 17.9 Å². The van der Waals surface area contributed by atoms with Crippen molar-refractivity contribution in [2.75, 3.05) is 25.9 Å². The number of carbonyl (C=O) groups excluding carboxylic acids is 1. The summed E-state index contributed by atoms with van der Waals surface area (Å²) in [5, 5.41) is 2.99. The SMILES string of the molecule is CCCC(CN)C(=O)NC1CCN(S(C)(=O)=O)CC1. The quantitative estimate of drug-likeness (QED) is 0.715. The highest BCUT2D eigenvalue weighted by Gasteiger charge is 2.27. The molecule has 19 heavy (non-hydrogen) atoms. The maximum Gasteiger partial charge on any atom is 0.224 e. The van der Waals surface area contributed by atoms with Crippen LogP contribution in [-0.4, -0.2) is 50.6 Å². The van der Waals surface area contributed by atoms with Crippen LogP contribution in [0.3, 0.4) is 0 Å². The van der Waals surface area contributed by atoms with Gasteiger partial charge in [0.25, 0.3) is 0 Å². The number of nitrogens with one attached hydrogen (secondary N) is 1. The van der Waals surface area contributed by atoms with Gasteiger partial charge in [0.2, 0.25) is 15.9 Å². The van der Waals surface area contributed by atoms with Crippen LogP contribution in [0.25, 0.3) is 0 Å². The molecule has 112 valence electrons. The molecule has 1 atom stereocenters. The number of hydrogen-bond acceptors (Lipinski definition) is 4. The van der Waals surface area contributed by atoms with E-state index >= 15 is 0 Å². The molecule has 1 fully saturated rings. The lowest BCUT2D eigenvalue weighted by atomic mass is 10.0. The molecule has 1 heterocycles. The number of nitrogens with two attached hydrogens (primary N) is 1. The Labute approximate surface area is 115 Å². The van der Waals surface area contributed by atoms with Crippen molar-refractivity contribution in [1.82, 2.24) is 9.62 Å². The van der Waals surface area contributed by atoms with Crippen LogP contribution in [0.4, 0.5) is 0 Å². The van der Waals surface area contributed by atoms with Crippen LogP contribution in [0.5, 0.6) is 0 Å². The molecule has 0 aromatic rings. The molecule has 1 aliphatic rings. The van der Waals surface area contributed by atoms with Gasteiger partial charge in [0, 0.05) is 25.7 Å². The van der Waals surface area contributed by atoms with Gasteiger partial charge in [-0.05, 0) is 19.3 Å². The first-order chi connectivity index (χ1) is 8.88. The summed E-state index contributed by atoms with van der Waals surface area (Å²) < 4.78 is 24.2. The fourth-order valence-corrected chi connectivity index (χ4v) is 3.23. The van der Waals surface area contributed by atoms with E-state index < -0.39 is 10.0 Å². The first-order valence-corrected chi connectivity index (χ1v) is 8.68. The summed E-state index contributed by atoms with van der Waals surface area (Å²) >= 11 is 0. The highest BCUT2D eigenvalue weighted by atomic mass is 32.2. The van der Waals surface area contributed by atoms with Crippen molar-refractivity contribution in [3.8, 4) is 0 Å². The van der Waals surface area contributed by atoms with E-state index in [1.54, 1.807) is 0 Å². The van der Waals surface area contributed by atoms with Crippen LogP contribution in [0.15, 0.2) is 0 Å². The highest BCUT2D eigenvalue weighted by Crippen LogP contribution is 2.14. The van der Waals surface area contributed by atoms with E-state index in [1.807, 2.05) is 6.92 Å². The predicted octanol–water partition coefficient (Wildman–Crippen LogP) is -0.0984. The molecule has 0 aromatic heterocycles. The minimum atomic E-state index is -3.11. The number of piperidine rings is 1. The van der Waals surface area contributed by atoms with Gasteiger partial charge in [-0.2, -0.15) is 0 Å². The van der Waals surface area contributed by atoms with Crippen molar-refractivity contribution in [1.29, 1.82) is 0 Å². The Hall–Kier alpha value is -0.660. The van der Waals surface area contributed by atoms with Gasteiger partial charge in [-0.1, -0.05) is 13.3 Å². The van der Waals surface area contributed by atoms with Crippen LogP contribution in [0.1, 0.15) is 32.6 Å². The average molecular weight is 291 g/mol. The smallest absolute Gasteiger partial charge is 0.224 e. The third-order valence-corrected chi connectivity index (χ3v) is 4.86. The molecule has 6 nitrogen and oxygen atoms in total. The van der Waals surface area contributed by atoms with Gasteiger partial charge in [-0.15, -0.1) is 0 Å². The molecule has 0 aliphatic carbocycles. The monoisotopic (exact) mass is 291 g/mol. The highest BCUT2D eigenvalue weighted by molar-refractivity contribution is 7.88. The molecule has 0 radical (unpaired) electrons. The molecule has 7 heteroatoms. The second-order valence-corrected chi connectivity index (χ2v) is 7.15. The van der Waals surface area contributed by atoms with Gasteiger partial charge in [0.1, 0.15) is 0 Å². The summed E-state index contributed by atoms with van der Waals surface area (Å²) in [6.07, 6.45) is 4.29. The Bertz CT molecular complexity index is 389. The van der Waals surface area contributed by atoms with E-state index in [0.717, 1.165) is 12.8 Å². The minimum absolute atomic E-state index is 0.00200. The Morgan fingerprint density at radius 1 is 1.42 bits per heavy atom. The summed E-state index contributed by atoms with van der Waals surface area (Å²) in [5.74, 6) is -0.125. The largest absolute Gasteiger partial charge is 0.353 e. The summed E-state index contributed by atoms with van der Waals surface area (Å²) in [5.41, 5.74) is 5.60. The van der Waals surface area contributed by atoms with E-state index in [2.05, 4.69) is 5.32 Å². The second kappa shape index (κ2) is 7.21. The lowest BCUT2D eigenvalue weighted by Crippen LogP contribution is -2.48. The van der Waals surface area contributed by atoms with Crippen LogP contribution in [-0.2, 0) is 14.8 Å². The van der Waals surface area contributed by atoms with Crippen molar-refractivity contribution in [3.63, 3.8) is 0 Å². The van der Waals surface area contributed by atoms with E-state index in [1.165, 1.54) is 10.6 Å². The summed E-state index contributed by atoms with van der Waals surface area (Å²) in [4.78, 5) is 12.0. The Kier molecular flexibility index (Phi) is 6.22. The molecule has 0 saturated carbocycles. The molecule has 0 spiro atoms. The number of amides is 1. The molecule has 1 rings (SSSR count). The van der Waals surface area contributed by atoms with Gasteiger partial charge < -0.3 is 11.1 Å². The van der Waals surface area contributed by atoms with Crippen LogP contribution >= 0.6 is 0 Å². The molecule has 1 amide bonds. The molecule has 3 N–H and O–H groups in total. The topological polar surface area (TPSA) is 92.5 Å². The number of rotatable bonds is 6. The number of sulfonamides is 1. The van der Waals surface area contributed by atoms with Gasteiger partial charge in [0.05, 0.1) is 12.2 Å². The zero-order valence-corrected chi connectivity index (χ0v) is 12.6. The third kappa shape index (κ3) is 5.08. The van der Waals surface area contributed by atoms with Crippen LogP contribution in [0.2, 0.25) is 0 Å². The lowest BCUT2D eigenvalue weighted by molar-refractivity contribution is -0.125. The second-order valence-electron chi connectivity index (χ2n) is 5.17. The summed E-state index contributed by atoms with van der Waals surface area (Å²) in [7, 11) is -3.11. The van der Waals surface area contributed by atoms with Crippen molar-refractivity contribution in [2.45, 2.75) is 38.6 Å². The Morgan fingerprint density at radius 3 is 2.42 bits per heavy atom. The first-order valence-electron chi connectivity index (χ1n) is 6.84. The zero-order valence-electron chi connectivity index (χ0n) is 11.8. The molecule has 0 bridgehead atoms. The molecule has 1 unspecified atom stereocenters. The van der Waals surface area contributed by atoms with Crippen LogP contribution in [0, 0.1) is 5.92 Å². The molecular formula is C12H25N3O3S. The third-order valence-electron chi connectivity index (χ3n) is 3.56. The lowest BCUT2D eigenvalue weighted by Gasteiger charge is -2.31. The average Bonchev–Trinajstić information content (AvgIpc) is 2.35.